The van der Waals surface area contributed by atoms with Gasteiger partial charge in [0.25, 0.3) is 0 Å². The monoisotopic (exact) mass is 497 g/mol. The average Bonchev–Trinajstić information content (AvgIpc) is 3.17. The van der Waals surface area contributed by atoms with Gasteiger partial charge in [-0.2, -0.15) is 4.31 Å². The fourth-order valence-corrected chi connectivity index (χ4v) is 6.96. The number of thiazole rings is 1. The zero-order chi connectivity index (χ0) is 22.2. The van der Waals surface area contributed by atoms with Crippen LogP contribution in [-0.2, 0) is 21.4 Å². The van der Waals surface area contributed by atoms with Gasteiger partial charge in [-0.25, -0.2) is 13.4 Å². The molecule has 6 nitrogen and oxygen atoms in total. The van der Waals surface area contributed by atoms with Crippen LogP contribution in [0.5, 0.6) is 0 Å². The lowest BCUT2D eigenvalue weighted by Gasteiger charge is -2.32. The van der Waals surface area contributed by atoms with Crippen LogP contribution in [-0.4, -0.2) is 48.7 Å². The molecule has 0 aliphatic carbocycles. The van der Waals surface area contributed by atoms with Gasteiger partial charge >= 0.3 is 0 Å². The maximum Gasteiger partial charge on any atom is 0.244 e. The first-order valence-corrected chi connectivity index (χ1v) is 12.8. The maximum absolute atomic E-state index is 13.0. The van der Waals surface area contributed by atoms with E-state index < -0.39 is 10.0 Å². The fourth-order valence-electron chi connectivity index (χ4n) is 3.74. The highest BCUT2D eigenvalue weighted by molar-refractivity contribution is 7.89. The van der Waals surface area contributed by atoms with Crippen LogP contribution in [0.3, 0.4) is 0 Å². The number of nitrogens with zero attached hydrogens (tertiary/aromatic N) is 3. The highest BCUT2D eigenvalue weighted by Gasteiger charge is 2.34. The minimum absolute atomic E-state index is 0.000558. The van der Waals surface area contributed by atoms with E-state index in [0.29, 0.717) is 24.4 Å². The van der Waals surface area contributed by atoms with Gasteiger partial charge in [-0.15, -0.1) is 11.3 Å². The van der Waals surface area contributed by atoms with E-state index in [0.717, 1.165) is 15.2 Å². The molecule has 1 amide bonds. The summed E-state index contributed by atoms with van der Waals surface area (Å²) in [5.41, 5.74) is 0.932. The fraction of sp³-hybridized carbons (Fsp3) is 0.333. The summed E-state index contributed by atoms with van der Waals surface area (Å²) < 4.78 is 28.4. The van der Waals surface area contributed by atoms with Crippen LogP contribution < -0.4 is 0 Å². The van der Waals surface area contributed by atoms with Gasteiger partial charge in [0.05, 0.1) is 21.8 Å². The Labute approximate surface area is 195 Å². The standard InChI is InChI=1S/C21H21Cl2N3O3S2/c1-25(13-20-24-17-4-2-3-5-18(17)30-20)21(27)14-8-10-26(11-9-14)31(28,29)19-12-15(22)6-7-16(19)23/h2-7,12,14H,8-11,13H2,1H3. The number of carbonyl (C=O) groups excluding carboxylic acids is 1. The summed E-state index contributed by atoms with van der Waals surface area (Å²) in [6.07, 6.45) is 0.918. The number of carbonyl (C=O) groups is 1. The molecule has 0 bridgehead atoms. The molecule has 0 N–H and O–H groups in total. The van der Waals surface area contributed by atoms with E-state index in [2.05, 4.69) is 4.98 Å². The van der Waals surface area contributed by atoms with Crippen LogP contribution in [0.1, 0.15) is 17.8 Å². The van der Waals surface area contributed by atoms with Crippen molar-refractivity contribution < 1.29 is 13.2 Å². The van der Waals surface area contributed by atoms with Gasteiger partial charge in [0.15, 0.2) is 0 Å². The van der Waals surface area contributed by atoms with Gasteiger partial charge < -0.3 is 4.90 Å². The molecule has 1 saturated heterocycles. The molecule has 0 spiro atoms. The van der Waals surface area contributed by atoms with Crippen molar-refractivity contribution >= 4 is 60.7 Å². The first-order valence-electron chi connectivity index (χ1n) is 9.80. The summed E-state index contributed by atoms with van der Waals surface area (Å²) in [7, 11) is -2.00. The largest absolute Gasteiger partial charge is 0.339 e. The van der Waals surface area contributed by atoms with Crippen LogP contribution in [0.15, 0.2) is 47.4 Å². The first-order chi connectivity index (χ1) is 14.8. The van der Waals surface area contributed by atoms with Crippen LogP contribution in [0, 0.1) is 5.92 Å². The van der Waals surface area contributed by atoms with Gasteiger partial charge in [0.1, 0.15) is 9.90 Å². The molecule has 3 aromatic rings. The third-order valence-electron chi connectivity index (χ3n) is 5.40. The maximum atomic E-state index is 13.0. The number of benzene rings is 2. The molecule has 10 heteroatoms. The number of sulfonamides is 1. The number of aromatic nitrogens is 1. The summed E-state index contributed by atoms with van der Waals surface area (Å²) in [5, 5.41) is 1.33. The van der Waals surface area contributed by atoms with Crippen molar-refractivity contribution in [3.8, 4) is 0 Å². The van der Waals surface area contributed by atoms with Gasteiger partial charge in [-0.1, -0.05) is 35.3 Å². The molecule has 31 heavy (non-hydrogen) atoms. The second-order valence-corrected chi connectivity index (χ2v) is 11.4. The Hall–Kier alpha value is -1.71. The zero-order valence-electron chi connectivity index (χ0n) is 16.8. The Morgan fingerprint density at radius 1 is 1.19 bits per heavy atom. The molecule has 4 rings (SSSR count). The highest BCUT2D eigenvalue weighted by atomic mass is 35.5. The molecule has 0 radical (unpaired) electrons. The zero-order valence-corrected chi connectivity index (χ0v) is 19.9. The Balaban J connectivity index is 1.39. The van der Waals surface area contributed by atoms with E-state index in [4.69, 9.17) is 23.2 Å². The number of para-hydroxylation sites is 1. The SMILES string of the molecule is CN(Cc1nc2ccccc2s1)C(=O)C1CCN(S(=O)(=O)c2cc(Cl)ccc2Cl)CC1. The number of amides is 1. The molecule has 1 aromatic heterocycles. The molecule has 1 fully saturated rings. The lowest BCUT2D eigenvalue weighted by molar-refractivity contribution is -0.135. The van der Waals surface area contributed by atoms with Crippen LogP contribution in [0.4, 0.5) is 0 Å². The molecule has 1 aliphatic rings. The number of fused-ring (bicyclic) bond motifs is 1. The predicted molar refractivity (Wildman–Crippen MR) is 124 cm³/mol. The van der Waals surface area contributed by atoms with E-state index >= 15 is 0 Å². The van der Waals surface area contributed by atoms with E-state index in [1.54, 1.807) is 29.4 Å². The Kier molecular flexibility index (Phi) is 6.55. The Morgan fingerprint density at radius 3 is 2.61 bits per heavy atom. The topological polar surface area (TPSA) is 70.6 Å². The van der Waals surface area contributed by atoms with Gasteiger partial charge in [0.2, 0.25) is 15.9 Å². The van der Waals surface area contributed by atoms with E-state index in [1.807, 2.05) is 24.3 Å². The third kappa shape index (κ3) is 4.73. The molecule has 0 atom stereocenters. The predicted octanol–water partition coefficient (Wildman–Crippen LogP) is 4.66. The van der Waals surface area contributed by atoms with Gasteiger partial charge in [-0.3, -0.25) is 4.79 Å². The van der Waals surface area contributed by atoms with Gasteiger partial charge in [-0.05, 0) is 43.2 Å². The lowest BCUT2D eigenvalue weighted by Crippen LogP contribution is -2.43. The number of rotatable bonds is 5. The summed E-state index contributed by atoms with van der Waals surface area (Å²) in [6, 6.07) is 12.3. The van der Waals surface area contributed by atoms with Crippen molar-refractivity contribution in [2.75, 3.05) is 20.1 Å². The molecular weight excluding hydrogens is 477 g/mol. The number of piperidine rings is 1. The van der Waals surface area contributed by atoms with Crippen LogP contribution in [0.2, 0.25) is 10.0 Å². The van der Waals surface area contributed by atoms with Crippen LogP contribution in [0.25, 0.3) is 10.2 Å². The molecule has 2 heterocycles. The molecule has 2 aromatic carbocycles. The lowest BCUT2D eigenvalue weighted by atomic mass is 9.97. The smallest absolute Gasteiger partial charge is 0.244 e. The second kappa shape index (κ2) is 9.03. The number of halogens is 2. The van der Waals surface area contributed by atoms with Crippen LogP contribution >= 0.6 is 34.5 Å². The normalized spacial score (nSPS) is 16.0. The third-order valence-corrected chi connectivity index (χ3v) is 9.04. The summed E-state index contributed by atoms with van der Waals surface area (Å²) in [4.78, 5) is 19.2. The van der Waals surface area contributed by atoms with Crippen molar-refractivity contribution in [2.24, 2.45) is 5.92 Å². The Morgan fingerprint density at radius 2 is 1.90 bits per heavy atom. The van der Waals surface area contributed by atoms with E-state index in [1.165, 1.54) is 16.4 Å². The van der Waals surface area contributed by atoms with Crippen molar-refractivity contribution in [3.63, 3.8) is 0 Å². The van der Waals surface area contributed by atoms with Gasteiger partial charge in [0, 0.05) is 31.1 Å². The minimum Gasteiger partial charge on any atom is -0.339 e. The summed E-state index contributed by atoms with van der Waals surface area (Å²) in [6.45, 7) is 0.960. The number of hydrogen-bond acceptors (Lipinski definition) is 5. The first kappa shape index (κ1) is 22.5. The quantitative estimate of drug-likeness (QED) is 0.513. The van der Waals surface area contributed by atoms with E-state index in [-0.39, 0.29) is 34.8 Å². The Bertz CT molecular complexity index is 1190. The highest BCUT2D eigenvalue weighted by Crippen LogP contribution is 2.31. The molecule has 164 valence electrons. The molecule has 0 unspecified atom stereocenters. The summed E-state index contributed by atoms with van der Waals surface area (Å²) in [5.74, 6) is -0.210. The van der Waals surface area contributed by atoms with Crippen molar-refractivity contribution in [1.29, 1.82) is 0 Å². The summed E-state index contributed by atoms with van der Waals surface area (Å²) >= 11 is 13.6. The number of hydrogen-bond donors (Lipinski definition) is 0. The van der Waals surface area contributed by atoms with Crippen molar-refractivity contribution in [2.45, 2.75) is 24.3 Å². The molecular formula is C21H21Cl2N3O3S2. The molecule has 0 saturated carbocycles. The average molecular weight is 498 g/mol. The van der Waals surface area contributed by atoms with Crippen molar-refractivity contribution in [3.05, 3.63) is 57.5 Å². The minimum atomic E-state index is -3.76. The second-order valence-electron chi connectivity index (χ2n) is 7.52. The van der Waals surface area contributed by atoms with Crippen molar-refractivity contribution in [1.82, 2.24) is 14.2 Å². The van der Waals surface area contributed by atoms with E-state index in [9.17, 15) is 13.2 Å². The molecule has 1 aliphatic heterocycles.